The number of nitrogens with zero attached hydrogens (tertiary/aromatic N) is 3. The van der Waals surface area contributed by atoms with Gasteiger partial charge >= 0.3 is 0 Å². The minimum absolute atomic E-state index is 0.155. The van der Waals surface area contributed by atoms with Crippen molar-refractivity contribution in [2.45, 2.75) is 13.8 Å². The fourth-order valence-corrected chi connectivity index (χ4v) is 6.32. The first kappa shape index (κ1) is 27.4. The van der Waals surface area contributed by atoms with Crippen molar-refractivity contribution < 1.29 is 23.8 Å². The number of aromatic nitrogens is 1. The van der Waals surface area contributed by atoms with Crippen LogP contribution in [0.3, 0.4) is 0 Å². The van der Waals surface area contributed by atoms with Gasteiger partial charge in [0.25, 0.3) is 11.1 Å². The highest BCUT2D eigenvalue weighted by molar-refractivity contribution is 9.10. The van der Waals surface area contributed by atoms with Crippen molar-refractivity contribution >= 4 is 50.6 Å². The Labute approximate surface area is 240 Å². The monoisotopic (exact) mass is 611 g/mol. The molecule has 0 bridgehead atoms. The highest BCUT2D eigenvalue weighted by Crippen LogP contribution is 2.35. The van der Waals surface area contributed by atoms with E-state index in [0.717, 1.165) is 70.9 Å². The molecule has 8 nitrogen and oxygen atoms in total. The molecule has 0 N–H and O–H groups in total. The summed E-state index contributed by atoms with van der Waals surface area (Å²) in [7, 11) is 1.57. The standard InChI is InChI=1S/C29H30BrN3O5S/c1-19-16-21(20(2)33(19)22-8-9-24(23(30)18-22)31-10-13-37-14-11-31)17-27-28(34)32(29(35)39-27)12-15-38-26-7-5-4-6-25(26)36-3/h4-9,16-18H,10-15H2,1-3H3/b27-17-. The van der Waals surface area contributed by atoms with E-state index in [2.05, 4.69) is 43.6 Å². The quantitative estimate of drug-likeness (QED) is 0.297. The van der Waals surface area contributed by atoms with Gasteiger partial charge in [-0.1, -0.05) is 12.1 Å². The Morgan fingerprint density at radius 3 is 2.51 bits per heavy atom. The SMILES string of the molecule is COc1ccccc1OCCN1C(=O)S/C(=C\c2cc(C)n(-c3ccc(N4CCOCC4)c(Br)c3)c2C)C1=O. The number of halogens is 1. The van der Waals surface area contributed by atoms with E-state index < -0.39 is 0 Å². The van der Waals surface area contributed by atoms with Crippen molar-refractivity contribution in [1.82, 2.24) is 9.47 Å². The number of ether oxygens (including phenoxy) is 3. The molecule has 1 aromatic heterocycles. The summed E-state index contributed by atoms with van der Waals surface area (Å²) in [6.45, 7) is 7.58. The van der Waals surface area contributed by atoms with E-state index in [1.807, 2.05) is 38.1 Å². The Kier molecular flexibility index (Phi) is 8.34. The third-order valence-electron chi connectivity index (χ3n) is 6.81. The number of thioether (sulfide) groups is 1. The van der Waals surface area contributed by atoms with E-state index in [1.54, 1.807) is 19.2 Å². The molecule has 2 aromatic carbocycles. The van der Waals surface area contributed by atoms with E-state index in [-0.39, 0.29) is 24.3 Å². The van der Waals surface area contributed by atoms with Crippen LogP contribution in [0.4, 0.5) is 10.5 Å². The Balaban J connectivity index is 1.31. The molecule has 2 saturated heterocycles. The zero-order valence-electron chi connectivity index (χ0n) is 22.1. The fourth-order valence-electron chi connectivity index (χ4n) is 4.85. The van der Waals surface area contributed by atoms with Crippen LogP contribution in [0.15, 0.2) is 57.9 Å². The summed E-state index contributed by atoms with van der Waals surface area (Å²) in [5.41, 5.74) is 5.10. The van der Waals surface area contributed by atoms with Crippen molar-refractivity contribution in [3.63, 3.8) is 0 Å². The van der Waals surface area contributed by atoms with Gasteiger partial charge in [-0.3, -0.25) is 14.5 Å². The van der Waals surface area contributed by atoms with Gasteiger partial charge in [0.1, 0.15) is 6.61 Å². The first-order valence-electron chi connectivity index (χ1n) is 12.7. The summed E-state index contributed by atoms with van der Waals surface area (Å²) < 4.78 is 19.7. The van der Waals surface area contributed by atoms with Crippen LogP contribution in [-0.4, -0.2) is 67.2 Å². The molecule has 204 valence electrons. The predicted octanol–water partition coefficient (Wildman–Crippen LogP) is 5.82. The molecule has 5 rings (SSSR count). The van der Waals surface area contributed by atoms with Gasteiger partial charge in [-0.05, 0) is 89.6 Å². The lowest BCUT2D eigenvalue weighted by molar-refractivity contribution is -0.123. The summed E-state index contributed by atoms with van der Waals surface area (Å²) in [5, 5.41) is -0.300. The molecule has 0 atom stereocenters. The maximum atomic E-state index is 13.1. The normalized spacial score (nSPS) is 16.9. The molecule has 2 fully saturated rings. The molecule has 0 radical (unpaired) electrons. The minimum Gasteiger partial charge on any atom is -0.493 e. The predicted molar refractivity (Wildman–Crippen MR) is 157 cm³/mol. The van der Waals surface area contributed by atoms with Crippen LogP contribution >= 0.6 is 27.7 Å². The zero-order valence-corrected chi connectivity index (χ0v) is 24.5. The van der Waals surface area contributed by atoms with Crippen LogP contribution in [0.2, 0.25) is 0 Å². The number of morpholine rings is 1. The molecular weight excluding hydrogens is 582 g/mol. The lowest BCUT2D eigenvalue weighted by Gasteiger charge is -2.30. The topological polar surface area (TPSA) is 73.2 Å². The Bertz CT molecular complexity index is 1430. The number of benzene rings is 2. The number of hydrogen-bond acceptors (Lipinski definition) is 7. The number of rotatable bonds is 8. The van der Waals surface area contributed by atoms with E-state index in [0.29, 0.717) is 16.4 Å². The van der Waals surface area contributed by atoms with Crippen molar-refractivity contribution in [2.75, 3.05) is 51.5 Å². The second-order valence-electron chi connectivity index (χ2n) is 9.23. The molecule has 2 aliphatic rings. The maximum Gasteiger partial charge on any atom is 0.293 e. The number of carbonyl (C=O) groups is 2. The van der Waals surface area contributed by atoms with Gasteiger partial charge in [0, 0.05) is 34.6 Å². The second-order valence-corrected chi connectivity index (χ2v) is 11.1. The molecule has 0 saturated carbocycles. The van der Waals surface area contributed by atoms with Crippen LogP contribution in [0.25, 0.3) is 11.8 Å². The molecular formula is C29H30BrN3O5S. The molecule has 39 heavy (non-hydrogen) atoms. The Morgan fingerprint density at radius 1 is 1.05 bits per heavy atom. The lowest BCUT2D eigenvalue weighted by atomic mass is 10.2. The number of carbonyl (C=O) groups excluding carboxylic acids is 2. The summed E-state index contributed by atoms with van der Waals surface area (Å²) in [5.74, 6) is 0.861. The van der Waals surface area contributed by atoms with Gasteiger partial charge in [-0.2, -0.15) is 0 Å². The van der Waals surface area contributed by atoms with Crippen LogP contribution in [0, 0.1) is 13.8 Å². The van der Waals surface area contributed by atoms with Crippen molar-refractivity contribution in [2.24, 2.45) is 0 Å². The highest BCUT2D eigenvalue weighted by atomic mass is 79.9. The van der Waals surface area contributed by atoms with Crippen LogP contribution in [-0.2, 0) is 9.53 Å². The Hall–Kier alpha value is -3.21. The maximum absolute atomic E-state index is 13.1. The summed E-state index contributed by atoms with van der Waals surface area (Å²) >= 11 is 4.71. The fraction of sp³-hybridized carbons (Fsp3) is 0.310. The van der Waals surface area contributed by atoms with E-state index in [1.165, 1.54) is 4.90 Å². The highest BCUT2D eigenvalue weighted by Gasteiger charge is 2.35. The molecule has 0 spiro atoms. The largest absolute Gasteiger partial charge is 0.493 e. The number of amides is 2. The molecule has 0 aliphatic carbocycles. The van der Waals surface area contributed by atoms with Crippen molar-refractivity contribution in [3.05, 3.63) is 74.9 Å². The van der Waals surface area contributed by atoms with Crippen LogP contribution in [0.1, 0.15) is 17.0 Å². The van der Waals surface area contributed by atoms with Crippen molar-refractivity contribution in [3.8, 4) is 17.2 Å². The number of aryl methyl sites for hydroxylation is 1. The van der Waals surface area contributed by atoms with Gasteiger partial charge in [0.2, 0.25) is 0 Å². The summed E-state index contributed by atoms with van der Waals surface area (Å²) in [6, 6.07) is 15.7. The van der Waals surface area contributed by atoms with E-state index >= 15 is 0 Å². The second kappa shape index (κ2) is 11.9. The van der Waals surface area contributed by atoms with E-state index in [9.17, 15) is 9.59 Å². The van der Waals surface area contributed by atoms with Gasteiger partial charge in [0.05, 0.1) is 37.5 Å². The average molecular weight is 613 g/mol. The first-order valence-corrected chi connectivity index (χ1v) is 14.3. The number of hydrogen-bond donors (Lipinski definition) is 0. The Morgan fingerprint density at radius 2 is 1.79 bits per heavy atom. The van der Waals surface area contributed by atoms with E-state index in [4.69, 9.17) is 14.2 Å². The van der Waals surface area contributed by atoms with Gasteiger partial charge in [-0.15, -0.1) is 0 Å². The van der Waals surface area contributed by atoms with Gasteiger partial charge < -0.3 is 23.7 Å². The molecule has 3 aromatic rings. The minimum atomic E-state index is -0.309. The molecule has 0 unspecified atom stereocenters. The zero-order chi connectivity index (χ0) is 27.5. The smallest absolute Gasteiger partial charge is 0.293 e. The number of para-hydroxylation sites is 2. The summed E-state index contributed by atoms with van der Waals surface area (Å²) in [6.07, 6.45) is 1.81. The molecule has 2 amide bonds. The average Bonchev–Trinajstić information content (AvgIpc) is 3.37. The third-order valence-corrected chi connectivity index (χ3v) is 8.36. The van der Waals surface area contributed by atoms with Crippen LogP contribution in [0.5, 0.6) is 11.5 Å². The van der Waals surface area contributed by atoms with Gasteiger partial charge in [-0.25, -0.2) is 0 Å². The molecule has 3 heterocycles. The molecule has 2 aliphatic heterocycles. The van der Waals surface area contributed by atoms with Gasteiger partial charge in [0.15, 0.2) is 11.5 Å². The van der Waals surface area contributed by atoms with Crippen molar-refractivity contribution in [1.29, 1.82) is 0 Å². The summed E-state index contributed by atoms with van der Waals surface area (Å²) in [4.78, 5) is 29.7. The number of anilines is 1. The number of methoxy groups -OCH3 is 1. The van der Waals surface area contributed by atoms with Crippen LogP contribution < -0.4 is 14.4 Å². The first-order chi connectivity index (χ1) is 18.9. The molecule has 10 heteroatoms. The number of imide groups is 1. The third kappa shape index (κ3) is 5.73. The lowest BCUT2D eigenvalue weighted by Crippen LogP contribution is -2.36.